The number of aryl methyl sites for hydroxylation is 1. The Morgan fingerprint density at radius 3 is 1.72 bits per heavy atom. The summed E-state index contributed by atoms with van der Waals surface area (Å²) < 4.78 is 0. The standard InChI is InChI=1S/C23H16N4O2/c1-15-11-12-17(25-14-15)19-8-5-10-21(27-19)23(29)22(28)20-9-4-7-18(26-20)16-6-2-3-13-24-16/h2-14H,1H3. The van der Waals surface area contributed by atoms with Gasteiger partial charge in [0.25, 0.3) is 11.6 Å². The number of ketones is 2. The van der Waals surface area contributed by atoms with Crippen LogP contribution in [0.5, 0.6) is 0 Å². The van der Waals surface area contributed by atoms with Crippen LogP contribution in [-0.2, 0) is 0 Å². The number of aromatic nitrogens is 4. The van der Waals surface area contributed by atoms with Gasteiger partial charge in [-0.15, -0.1) is 0 Å². The Balaban J connectivity index is 1.63. The first-order valence-corrected chi connectivity index (χ1v) is 8.99. The van der Waals surface area contributed by atoms with E-state index in [4.69, 9.17) is 0 Å². The van der Waals surface area contributed by atoms with Crippen molar-refractivity contribution in [3.8, 4) is 22.8 Å². The summed E-state index contributed by atoms with van der Waals surface area (Å²) in [5.41, 5.74) is 3.44. The molecule has 0 amide bonds. The highest BCUT2D eigenvalue weighted by Gasteiger charge is 2.22. The van der Waals surface area contributed by atoms with E-state index in [-0.39, 0.29) is 11.4 Å². The SMILES string of the molecule is Cc1ccc(-c2cccc(C(=O)C(=O)c3cccc(-c4ccccn4)n3)n2)nc1. The van der Waals surface area contributed by atoms with Crippen LogP contribution in [0.3, 0.4) is 0 Å². The summed E-state index contributed by atoms with van der Waals surface area (Å²) in [6.45, 7) is 1.94. The van der Waals surface area contributed by atoms with E-state index in [0.29, 0.717) is 22.8 Å². The van der Waals surface area contributed by atoms with Gasteiger partial charge in [-0.2, -0.15) is 0 Å². The maximum Gasteiger partial charge on any atom is 0.253 e. The molecule has 0 bridgehead atoms. The summed E-state index contributed by atoms with van der Waals surface area (Å²) in [7, 11) is 0. The van der Waals surface area contributed by atoms with E-state index >= 15 is 0 Å². The Labute approximate surface area is 167 Å². The largest absolute Gasteiger partial charge is 0.283 e. The number of carbonyl (C=O) groups is 2. The van der Waals surface area contributed by atoms with Crippen LogP contribution in [0, 0.1) is 6.92 Å². The summed E-state index contributed by atoms with van der Waals surface area (Å²) in [5.74, 6) is -1.44. The zero-order chi connectivity index (χ0) is 20.2. The van der Waals surface area contributed by atoms with E-state index in [1.165, 1.54) is 12.1 Å². The fourth-order valence-corrected chi connectivity index (χ4v) is 2.77. The van der Waals surface area contributed by atoms with Crippen molar-refractivity contribution in [2.75, 3.05) is 0 Å². The van der Waals surface area contributed by atoms with Gasteiger partial charge in [0.15, 0.2) is 0 Å². The van der Waals surface area contributed by atoms with Gasteiger partial charge >= 0.3 is 0 Å². The third-order valence-corrected chi connectivity index (χ3v) is 4.27. The first-order valence-electron chi connectivity index (χ1n) is 8.99. The number of hydrogen-bond acceptors (Lipinski definition) is 6. The average Bonchev–Trinajstić information content (AvgIpc) is 2.79. The lowest BCUT2D eigenvalue weighted by atomic mass is 10.1. The normalized spacial score (nSPS) is 10.5. The molecule has 0 aliphatic carbocycles. The van der Waals surface area contributed by atoms with Gasteiger partial charge in [-0.05, 0) is 55.0 Å². The van der Waals surface area contributed by atoms with Gasteiger partial charge in [-0.25, -0.2) is 9.97 Å². The van der Waals surface area contributed by atoms with Gasteiger partial charge in [-0.1, -0.05) is 24.3 Å². The molecule has 0 fully saturated rings. The zero-order valence-corrected chi connectivity index (χ0v) is 15.6. The predicted octanol–water partition coefficient (Wildman–Crippen LogP) is 3.97. The molecule has 4 aromatic rings. The molecule has 0 radical (unpaired) electrons. The third kappa shape index (κ3) is 3.96. The first kappa shape index (κ1) is 18.3. The number of hydrogen-bond donors (Lipinski definition) is 0. The summed E-state index contributed by atoms with van der Waals surface area (Å²) in [6.07, 6.45) is 3.37. The Morgan fingerprint density at radius 2 is 1.21 bits per heavy atom. The number of pyridine rings is 4. The van der Waals surface area contributed by atoms with Crippen LogP contribution in [-0.4, -0.2) is 31.5 Å². The molecule has 6 nitrogen and oxygen atoms in total. The summed E-state index contributed by atoms with van der Waals surface area (Å²) in [5, 5.41) is 0. The van der Waals surface area contributed by atoms with Crippen LogP contribution in [0.15, 0.2) is 79.1 Å². The van der Waals surface area contributed by atoms with E-state index in [0.717, 1.165) is 5.56 Å². The summed E-state index contributed by atoms with van der Waals surface area (Å²) >= 11 is 0. The van der Waals surface area contributed by atoms with Gasteiger partial charge in [0.1, 0.15) is 11.4 Å². The molecule has 4 aromatic heterocycles. The Bertz CT molecular complexity index is 1190. The van der Waals surface area contributed by atoms with Crippen molar-refractivity contribution in [1.82, 2.24) is 19.9 Å². The van der Waals surface area contributed by atoms with E-state index in [1.54, 1.807) is 48.8 Å². The fraction of sp³-hybridized carbons (Fsp3) is 0.0435. The molecule has 0 atom stereocenters. The Hall–Kier alpha value is -4.06. The van der Waals surface area contributed by atoms with Crippen molar-refractivity contribution in [3.63, 3.8) is 0 Å². The van der Waals surface area contributed by atoms with Gasteiger partial charge in [0.2, 0.25) is 0 Å². The van der Waals surface area contributed by atoms with Gasteiger partial charge in [0, 0.05) is 12.4 Å². The Kier molecular flexibility index (Phi) is 4.99. The van der Waals surface area contributed by atoms with E-state index in [9.17, 15) is 9.59 Å². The molecule has 140 valence electrons. The molecule has 4 heterocycles. The quantitative estimate of drug-likeness (QED) is 0.385. The molecule has 0 N–H and O–H groups in total. The number of Topliss-reactive ketones (excluding diaryl/α,β-unsaturated/α-hetero) is 2. The van der Waals surface area contributed by atoms with E-state index < -0.39 is 11.6 Å². The summed E-state index contributed by atoms with van der Waals surface area (Å²) in [6, 6.07) is 19.0. The lowest BCUT2D eigenvalue weighted by Crippen LogP contribution is -2.17. The highest BCUT2D eigenvalue weighted by molar-refractivity contribution is 6.48. The van der Waals surface area contributed by atoms with E-state index in [2.05, 4.69) is 19.9 Å². The van der Waals surface area contributed by atoms with E-state index in [1.807, 2.05) is 25.1 Å². The minimum atomic E-state index is -0.718. The van der Waals surface area contributed by atoms with Gasteiger partial charge < -0.3 is 0 Å². The zero-order valence-electron chi connectivity index (χ0n) is 15.6. The third-order valence-electron chi connectivity index (χ3n) is 4.27. The maximum atomic E-state index is 12.7. The van der Waals surface area contributed by atoms with Crippen molar-refractivity contribution in [1.29, 1.82) is 0 Å². The molecule has 0 saturated carbocycles. The molecule has 0 aromatic carbocycles. The predicted molar refractivity (Wildman–Crippen MR) is 108 cm³/mol. The van der Waals surface area contributed by atoms with Crippen LogP contribution in [0.1, 0.15) is 26.5 Å². The molecule has 4 rings (SSSR count). The fourth-order valence-electron chi connectivity index (χ4n) is 2.77. The molecule has 0 unspecified atom stereocenters. The van der Waals surface area contributed by atoms with Crippen molar-refractivity contribution in [2.45, 2.75) is 6.92 Å². The molecule has 0 spiro atoms. The number of carbonyl (C=O) groups excluding carboxylic acids is 2. The molecular formula is C23H16N4O2. The second-order valence-electron chi connectivity index (χ2n) is 6.41. The van der Waals surface area contributed by atoms with Crippen LogP contribution in [0.25, 0.3) is 22.8 Å². The second-order valence-corrected chi connectivity index (χ2v) is 6.41. The smallest absolute Gasteiger partial charge is 0.253 e. The van der Waals surface area contributed by atoms with Gasteiger partial charge in [-0.3, -0.25) is 19.6 Å². The lowest BCUT2D eigenvalue weighted by molar-refractivity contribution is 0.0811. The maximum absolute atomic E-state index is 12.7. The monoisotopic (exact) mass is 380 g/mol. The second kappa shape index (κ2) is 7.90. The molecular weight excluding hydrogens is 364 g/mol. The van der Waals surface area contributed by atoms with Crippen LogP contribution < -0.4 is 0 Å². The van der Waals surface area contributed by atoms with Crippen molar-refractivity contribution in [3.05, 3.63) is 96.1 Å². The van der Waals surface area contributed by atoms with Crippen LogP contribution >= 0.6 is 0 Å². The minimum absolute atomic E-state index is 0.0545. The highest BCUT2D eigenvalue weighted by atomic mass is 16.2. The van der Waals surface area contributed by atoms with Crippen molar-refractivity contribution < 1.29 is 9.59 Å². The van der Waals surface area contributed by atoms with Crippen molar-refractivity contribution >= 4 is 11.6 Å². The van der Waals surface area contributed by atoms with Crippen molar-refractivity contribution in [2.24, 2.45) is 0 Å². The Morgan fingerprint density at radius 1 is 0.621 bits per heavy atom. The first-order chi connectivity index (χ1) is 14.1. The van der Waals surface area contributed by atoms with Crippen LogP contribution in [0.4, 0.5) is 0 Å². The molecule has 0 aliphatic heterocycles. The molecule has 0 saturated heterocycles. The minimum Gasteiger partial charge on any atom is -0.283 e. The number of nitrogens with zero attached hydrogens (tertiary/aromatic N) is 4. The number of rotatable bonds is 5. The average molecular weight is 380 g/mol. The molecule has 0 aliphatic rings. The molecule has 29 heavy (non-hydrogen) atoms. The summed E-state index contributed by atoms with van der Waals surface area (Å²) in [4.78, 5) is 42.7. The lowest BCUT2D eigenvalue weighted by Gasteiger charge is -2.05. The van der Waals surface area contributed by atoms with Gasteiger partial charge in [0.05, 0.1) is 22.8 Å². The highest BCUT2D eigenvalue weighted by Crippen LogP contribution is 2.17. The topological polar surface area (TPSA) is 85.7 Å². The molecule has 6 heteroatoms. The van der Waals surface area contributed by atoms with Crippen LogP contribution in [0.2, 0.25) is 0 Å².